The summed E-state index contributed by atoms with van der Waals surface area (Å²) in [5.74, 6) is -0.0726. The van der Waals surface area contributed by atoms with Gasteiger partial charge >= 0.3 is 18.9 Å². The first kappa shape index (κ1) is 22.4. The molecular weight excluding hydrogens is 252 g/mol. The van der Waals surface area contributed by atoms with Crippen molar-refractivity contribution in [2.24, 2.45) is 10.9 Å². The molecule has 1 aromatic carbocycles. The molecule has 0 aliphatic carbocycles. The van der Waals surface area contributed by atoms with Crippen LogP contribution in [0.2, 0.25) is 19.6 Å². The van der Waals surface area contributed by atoms with Crippen molar-refractivity contribution in [3.05, 3.63) is 41.9 Å². The predicted molar refractivity (Wildman–Crippen MR) is 84.9 cm³/mol. The van der Waals surface area contributed by atoms with Crippen molar-refractivity contribution in [1.29, 1.82) is 0 Å². The third kappa shape index (κ3) is 8.40. The molecule has 0 bridgehead atoms. The second kappa shape index (κ2) is 9.93. The molecule has 0 aromatic heterocycles. The van der Waals surface area contributed by atoms with Gasteiger partial charge in [0.05, 0.1) is 6.04 Å². The number of hydrogen-bond donors (Lipinski definition) is 0. The zero-order valence-corrected chi connectivity index (χ0v) is 15.0. The number of hydrogen-bond acceptors (Lipinski definition) is 2. The molecular formula is C15H23Li2NOSi. The molecule has 0 saturated carbocycles. The van der Waals surface area contributed by atoms with Crippen molar-refractivity contribution in [1.82, 2.24) is 0 Å². The molecule has 0 aliphatic rings. The summed E-state index contributed by atoms with van der Waals surface area (Å²) in [4.78, 5) is 4.28. The van der Waals surface area contributed by atoms with Crippen LogP contribution in [0, 0.1) is 12.0 Å². The second-order valence-electron chi connectivity index (χ2n) is 5.88. The van der Waals surface area contributed by atoms with E-state index in [0.717, 1.165) is 5.56 Å². The van der Waals surface area contributed by atoms with Gasteiger partial charge in [-0.3, -0.25) is 4.99 Å². The van der Waals surface area contributed by atoms with E-state index >= 15 is 0 Å². The molecule has 0 amide bonds. The maximum Gasteiger partial charge on any atom is 1.00 e. The van der Waals surface area contributed by atoms with Gasteiger partial charge in [0.1, 0.15) is 0 Å². The van der Waals surface area contributed by atoms with E-state index in [1.54, 1.807) is 0 Å². The van der Waals surface area contributed by atoms with Gasteiger partial charge in [0, 0.05) is 26.9 Å². The van der Waals surface area contributed by atoms with Crippen molar-refractivity contribution >= 4 is 32.8 Å². The fourth-order valence-corrected chi connectivity index (χ4v) is 3.58. The standard InChI is InChI=1S/C15H24NOSi.2Li/c1-12(11-18(3,4)5)15(17)16-13(2)14-9-7-6-8-10-14;;/h6-13H,1-5H3,(H,16,17);;/q;;+1/p-1. The molecule has 0 spiro atoms. The summed E-state index contributed by atoms with van der Waals surface area (Å²) in [5, 5.41) is 12.0. The Kier molecular flexibility index (Phi) is 11.1. The summed E-state index contributed by atoms with van der Waals surface area (Å²) < 4.78 is 0. The first-order valence-electron chi connectivity index (χ1n) is 6.45. The van der Waals surface area contributed by atoms with E-state index in [1.165, 1.54) is 0 Å². The fourth-order valence-electron chi connectivity index (χ4n) is 1.94. The number of aliphatic imine (C=N–C) groups is 1. The van der Waals surface area contributed by atoms with Crippen molar-refractivity contribution < 1.29 is 24.0 Å². The minimum absolute atomic E-state index is 0. The molecule has 2 unspecified atom stereocenters. The third-order valence-electron chi connectivity index (χ3n) is 2.74. The van der Waals surface area contributed by atoms with Crippen LogP contribution >= 0.6 is 0 Å². The van der Waals surface area contributed by atoms with Crippen LogP contribution in [0.25, 0.3) is 0 Å². The van der Waals surface area contributed by atoms with Crippen molar-refractivity contribution in [2.75, 3.05) is 0 Å². The topological polar surface area (TPSA) is 35.4 Å². The van der Waals surface area contributed by atoms with Gasteiger partial charge in [0.25, 0.3) is 0 Å². The van der Waals surface area contributed by atoms with Crippen LogP contribution in [0.3, 0.4) is 0 Å². The molecule has 5 heteroatoms. The Hall–Kier alpha value is 0.102. The average Bonchev–Trinajstić information content (AvgIpc) is 2.27. The number of benzene rings is 1. The first-order valence-corrected chi connectivity index (χ1v) is 10.0. The minimum Gasteiger partial charge on any atom is -0.862 e. The SMILES string of the molecule is CC([CH][Si](C)(C)C)C([O-])=NC(C)c1ccccc1.[Li+].[Li]. The van der Waals surface area contributed by atoms with Crippen LogP contribution in [0.15, 0.2) is 35.3 Å². The first-order chi connectivity index (χ1) is 8.29. The van der Waals surface area contributed by atoms with Crippen LogP contribution in [0.4, 0.5) is 0 Å². The molecule has 1 aromatic rings. The van der Waals surface area contributed by atoms with Gasteiger partial charge in [-0.05, 0) is 30.3 Å². The van der Waals surface area contributed by atoms with E-state index in [2.05, 4.69) is 30.7 Å². The Balaban J connectivity index is 0. The summed E-state index contributed by atoms with van der Waals surface area (Å²) in [5.41, 5.74) is 1.09. The van der Waals surface area contributed by atoms with E-state index < -0.39 is 8.07 Å². The van der Waals surface area contributed by atoms with E-state index in [1.807, 2.05) is 44.2 Å². The monoisotopic (exact) mass is 275 g/mol. The van der Waals surface area contributed by atoms with Crippen LogP contribution in [-0.4, -0.2) is 32.8 Å². The molecule has 2 atom stereocenters. The van der Waals surface area contributed by atoms with Crippen LogP contribution < -0.4 is 24.0 Å². The molecule has 1 rings (SSSR count). The molecule has 20 heavy (non-hydrogen) atoms. The quantitative estimate of drug-likeness (QED) is 0.418. The fraction of sp³-hybridized carbons (Fsp3) is 0.467. The molecule has 2 nitrogen and oxygen atoms in total. The average molecular weight is 275 g/mol. The number of rotatable bonds is 5. The zero-order chi connectivity index (χ0) is 13.8. The molecule has 0 fully saturated rings. The van der Waals surface area contributed by atoms with Crippen molar-refractivity contribution in [3.63, 3.8) is 0 Å². The van der Waals surface area contributed by atoms with Crippen LogP contribution in [0.5, 0.6) is 0 Å². The predicted octanol–water partition coefficient (Wildman–Crippen LogP) is -0.153. The molecule has 2 radical (unpaired) electrons. The van der Waals surface area contributed by atoms with Crippen molar-refractivity contribution in [2.45, 2.75) is 39.5 Å². The third-order valence-corrected chi connectivity index (χ3v) is 4.24. The largest absolute Gasteiger partial charge is 1.00 e. The van der Waals surface area contributed by atoms with Gasteiger partial charge in [-0.1, -0.05) is 56.9 Å². The van der Waals surface area contributed by atoms with E-state index in [-0.39, 0.29) is 55.6 Å². The van der Waals surface area contributed by atoms with Crippen LogP contribution in [-0.2, 0) is 0 Å². The molecule has 100 valence electrons. The van der Waals surface area contributed by atoms with Gasteiger partial charge in [0.2, 0.25) is 0 Å². The normalized spacial score (nSPS) is 14.8. The Morgan fingerprint density at radius 2 is 1.65 bits per heavy atom. The van der Waals surface area contributed by atoms with Crippen LogP contribution in [0.1, 0.15) is 25.5 Å². The van der Waals surface area contributed by atoms with Gasteiger partial charge < -0.3 is 5.11 Å². The Morgan fingerprint density at radius 1 is 1.15 bits per heavy atom. The summed E-state index contributed by atoms with van der Waals surface area (Å²) >= 11 is 0. The summed E-state index contributed by atoms with van der Waals surface area (Å²) in [6, 6.07) is 12.1. The Labute approximate surface area is 148 Å². The van der Waals surface area contributed by atoms with Gasteiger partial charge in [-0.25, -0.2) is 0 Å². The van der Waals surface area contributed by atoms with Gasteiger partial charge in [-0.2, -0.15) is 0 Å². The second-order valence-corrected chi connectivity index (χ2v) is 10.9. The smallest absolute Gasteiger partial charge is 0.862 e. The Bertz CT molecular complexity index is 404. The van der Waals surface area contributed by atoms with E-state index in [9.17, 15) is 5.11 Å². The van der Waals surface area contributed by atoms with E-state index in [4.69, 9.17) is 0 Å². The van der Waals surface area contributed by atoms with Gasteiger partial charge in [0.15, 0.2) is 0 Å². The van der Waals surface area contributed by atoms with Gasteiger partial charge in [-0.15, -0.1) is 0 Å². The molecule has 0 heterocycles. The molecule has 0 saturated heterocycles. The maximum absolute atomic E-state index is 12.0. The zero-order valence-electron chi connectivity index (χ0n) is 14.0. The maximum atomic E-state index is 12.0. The molecule has 0 N–H and O–H groups in total. The Morgan fingerprint density at radius 3 is 2.10 bits per heavy atom. The summed E-state index contributed by atoms with van der Waals surface area (Å²) in [7, 11) is -1.32. The van der Waals surface area contributed by atoms with E-state index in [0.29, 0.717) is 0 Å². The molecule has 0 aliphatic heterocycles. The van der Waals surface area contributed by atoms with Crippen molar-refractivity contribution in [3.8, 4) is 0 Å². The summed E-state index contributed by atoms with van der Waals surface area (Å²) in [6.45, 7) is 10.6. The summed E-state index contributed by atoms with van der Waals surface area (Å²) in [6.07, 6.45) is 0. The minimum atomic E-state index is -1.32. The number of nitrogens with zero attached hydrogens (tertiary/aromatic N) is 1.